The van der Waals surface area contributed by atoms with E-state index >= 15 is 0 Å². The van der Waals surface area contributed by atoms with Crippen molar-refractivity contribution in [2.75, 3.05) is 18.6 Å². The number of thioether (sulfide) groups is 1. The summed E-state index contributed by atoms with van der Waals surface area (Å²) in [5.41, 5.74) is 6.02. The van der Waals surface area contributed by atoms with Gasteiger partial charge in [-0.15, -0.1) is 0 Å². The summed E-state index contributed by atoms with van der Waals surface area (Å²) in [6, 6.07) is -3.88. The van der Waals surface area contributed by atoms with E-state index in [4.69, 9.17) is 5.73 Å². The number of hydrogen-bond acceptors (Lipinski definition) is 7. The molecule has 11 heteroatoms. The Morgan fingerprint density at radius 3 is 2.35 bits per heavy atom. The van der Waals surface area contributed by atoms with E-state index < -0.39 is 48.1 Å². The molecular formula is C20H36N4O6S. The highest BCUT2D eigenvalue weighted by Gasteiger charge is 2.38. The number of amides is 3. The first-order valence-electron chi connectivity index (χ1n) is 10.6. The summed E-state index contributed by atoms with van der Waals surface area (Å²) in [7, 11) is 0. The quantitative estimate of drug-likeness (QED) is 0.261. The fraction of sp³-hybridized carbons (Fsp3) is 0.800. The normalized spacial score (nSPS) is 20.1. The van der Waals surface area contributed by atoms with Gasteiger partial charge in [0.25, 0.3) is 0 Å². The Morgan fingerprint density at radius 1 is 1.19 bits per heavy atom. The summed E-state index contributed by atoms with van der Waals surface area (Å²) in [5, 5.41) is 23.8. The summed E-state index contributed by atoms with van der Waals surface area (Å²) < 4.78 is 0. The molecule has 0 spiro atoms. The number of hydrogen-bond donors (Lipinski definition) is 5. The Labute approximate surface area is 187 Å². The lowest BCUT2D eigenvalue weighted by Crippen LogP contribution is -2.58. The molecule has 0 aromatic heterocycles. The molecule has 1 aliphatic heterocycles. The topological polar surface area (TPSA) is 162 Å². The Bertz CT molecular complexity index is 645. The van der Waals surface area contributed by atoms with Crippen LogP contribution >= 0.6 is 11.8 Å². The third-order valence-electron chi connectivity index (χ3n) is 5.17. The van der Waals surface area contributed by atoms with Gasteiger partial charge in [-0.25, -0.2) is 4.79 Å². The van der Waals surface area contributed by atoms with Crippen molar-refractivity contribution in [3.8, 4) is 0 Å². The van der Waals surface area contributed by atoms with Crippen LogP contribution in [0, 0.1) is 5.92 Å². The maximum atomic E-state index is 12.9. The monoisotopic (exact) mass is 460 g/mol. The van der Waals surface area contributed by atoms with E-state index in [0.29, 0.717) is 31.6 Å². The predicted octanol–water partition coefficient (Wildman–Crippen LogP) is -0.461. The molecule has 0 aromatic rings. The first-order chi connectivity index (χ1) is 14.5. The van der Waals surface area contributed by atoms with Crippen LogP contribution in [-0.4, -0.2) is 87.6 Å². The molecule has 10 nitrogen and oxygen atoms in total. The number of likely N-dealkylation sites (tertiary alicyclic amines) is 1. The van der Waals surface area contributed by atoms with E-state index in [-0.39, 0.29) is 18.2 Å². The van der Waals surface area contributed by atoms with Gasteiger partial charge in [0.15, 0.2) is 6.04 Å². The zero-order valence-corrected chi connectivity index (χ0v) is 19.5. The second kappa shape index (κ2) is 12.9. The van der Waals surface area contributed by atoms with Gasteiger partial charge in [0, 0.05) is 6.54 Å². The van der Waals surface area contributed by atoms with Crippen LogP contribution in [0.4, 0.5) is 0 Å². The fourth-order valence-corrected chi connectivity index (χ4v) is 4.01. The minimum Gasteiger partial charge on any atom is -0.480 e. The van der Waals surface area contributed by atoms with E-state index in [1.807, 2.05) is 20.1 Å². The third kappa shape index (κ3) is 8.30. The average Bonchev–Trinajstić information content (AvgIpc) is 3.17. The SMILES string of the molecule is CSCCC(NC(=O)C1CCCN1C(=O)C(N)CC(C)C)C(=O)NC(C(=O)O)C(C)O. The second-order valence-electron chi connectivity index (χ2n) is 8.33. The maximum Gasteiger partial charge on any atom is 0.328 e. The van der Waals surface area contributed by atoms with Crippen molar-refractivity contribution in [3.63, 3.8) is 0 Å². The number of aliphatic carboxylic acids is 1. The minimum atomic E-state index is -1.49. The first-order valence-corrected chi connectivity index (χ1v) is 12.0. The van der Waals surface area contributed by atoms with Crippen LogP contribution in [0.25, 0.3) is 0 Å². The molecule has 5 unspecified atom stereocenters. The molecule has 31 heavy (non-hydrogen) atoms. The van der Waals surface area contributed by atoms with Gasteiger partial charge < -0.3 is 31.5 Å². The Balaban J connectivity index is 2.88. The molecule has 1 aliphatic rings. The van der Waals surface area contributed by atoms with E-state index in [2.05, 4.69) is 10.6 Å². The van der Waals surface area contributed by atoms with Crippen molar-refractivity contribution in [1.82, 2.24) is 15.5 Å². The first kappa shape index (κ1) is 27.2. The lowest BCUT2D eigenvalue weighted by molar-refractivity contribution is -0.145. The smallest absolute Gasteiger partial charge is 0.328 e. The number of nitrogens with two attached hydrogens (primary N) is 1. The van der Waals surface area contributed by atoms with Gasteiger partial charge in [0.1, 0.15) is 12.1 Å². The highest BCUT2D eigenvalue weighted by Crippen LogP contribution is 2.20. The predicted molar refractivity (Wildman–Crippen MR) is 118 cm³/mol. The van der Waals surface area contributed by atoms with Crippen LogP contribution in [0.1, 0.15) is 46.5 Å². The molecule has 0 aromatic carbocycles. The van der Waals surface area contributed by atoms with Gasteiger partial charge in [-0.1, -0.05) is 13.8 Å². The molecule has 5 atom stereocenters. The molecule has 6 N–H and O–H groups in total. The van der Waals surface area contributed by atoms with Gasteiger partial charge in [-0.05, 0) is 50.5 Å². The maximum absolute atomic E-state index is 12.9. The molecule has 0 bridgehead atoms. The average molecular weight is 461 g/mol. The minimum absolute atomic E-state index is 0.240. The highest BCUT2D eigenvalue weighted by atomic mass is 32.2. The number of rotatable bonds is 12. The van der Waals surface area contributed by atoms with Crippen molar-refractivity contribution >= 4 is 35.5 Å². The zero-order valence-electron chi connectivity index (χ0n) is 18.7. The van der Waals surface area contributed by atoms with Crippen molar-refractivity contribution in [2.24, 2.45) is 11.7 Å². The van der Waals surface area contributed by atoms with E-state index in [1.54, 1.807) is 0 Å². The lowest BCUT2D eigenvalue weighted by Gasteiger charge is -2.29. The van der Waals surface area contributed by atoms with Crippen LogP contribution in [0.15, 0.2) is 0 Å². The molecule has 1 rings (SSSR count). The molecule has 0 saturated carbocycles. The van der Waals surface area contributed by atoms with Crippen molar-refractivity contribution in [1.29, 1.82) is 0 Å². The molecule has 1 fully saturated rings. The van der Waals surface area contributed by atoms with Crippen molar-refractivity contribution in [2.45, 2.75) is 76.7 Å². The van der Waals surface area contributed by atoms with Crippen molar-refractivity contribution in [3.05, 3.63) is 0 Å². The summed E-state index contributed by atoms with van der Waals surface area (Å²) in [5.74, 6) is -2.01. The number of aliphatic hydroxyl groups excluding tert-OH is 1. The number of aliphatic hydroxyl groups is 1. The van der Waals surface area contributed by atoms with Crippen LogP contribution in [0.3, 0.4) is 0 Å². The second-order valence-corrected chi connectivity index (χ2v) is 9.32. The molecule has 1 saturated heterocycles. The number of carbonyl (C=O) groups excluding carboxylic acids is 3. The Kier molecular flexibility index (Phi) is 11.3. The Hall–Kier alpha value is -1.85. The number of nitrogens with zero attached hydrogens (tertiary/aromatic N) is 1. The van der Waals surface area contributed by atoms with E-state index in [1.165, 1.54) is 23.6 Å². The molecule has 1 heterocycles. The molecule has 0 aliphatic carbocycles. The lowest BCUT2D eigenvalue weighted by atomic mass is 10.0. The Morgan fingerprint density at radius 2 is 1.84 bits per heavy atom. The summed E-state index contributed by atoms with van der Waals surface area (Å²) >= 11 is 1.48. The number of carboxylic acids is 1. The van der Waals surface area contributed by atoms with Crippen molar-refractivity contribution < 1.29 is 29.4 Å². The molecule has 178 valence electrons. The van der Waals surface area contributed by atoms with Crippen LogP contribution in [0.5, 0.6) is 0 Å². The summed E-state index contributed by atoms with van der Waals surface area (Å²) in [6.45, 7) is 5.62. The van der Waals surface area contributed by atoms with Crippen LogP contribution < -0.4 is 16.4 Å². The highest BCUT2D eigenvalue weighted by molar-refractivity contribution is 7.98. The van der Waals surface area contributed by atoms with E-state index in [9.17, 15) is 29.4 Å². The number of carbonyl (C=O) groups is 4. The number of nitrogens with one attached hydrogen (secondary N) is 2. The fourth-order valence-electron chi connectivity index (χ4n) is 3.54. The summed E-state index contributed by atoms with van der Waals surface area (Å²) in [4.78, 5) is 51.1. The zero-order chi connectivity index (χ0) is 23.7. The van der Waals surface area contributed by atoms with Gasteiger partial charge in [-0.3, -0.25) is 14.4 Å². The van der Waals surface area contributed by atoms with Gasteiger partial charge in [-0.2, -0.15) is 11.8 Å². The van der Waals surface area contributed by atoms with Gasteiger partial charge in [0.2, 0.25) is 17.7 Å². The van der Waals surface area contributed by atoms with Crippen LogP contribution in [0.2, 0.25) is 0 Å². The summed E-state index contributed by atoms with van der Waals surface area (Å²) in [6.07, 6.45) is 2.46. The van der Waals surface area contributed by atoms with Gasteiger partial charge >= 0.3 is 5.97 Å². The van der Waals surface area contributed by atoms with E-state index in [0.717, 1.165) is 0 Å². The van der Waals surface area contributed by atoms with Crippen LogP contribution in [-0.2, 0) is 19.2 Å². The largest absolute Gasteiger partial charge is 0.480 e. The number of carboxylic acid groups (broad SMARTS) is 1. The third-order valence-corrected chi connectivity index (χ3v) is 5.81. The molecule has 3 amide bonds. The van der Waals surface area contributed by atoms with Gasteiger partial charge in [0.05, 0.1) is 12.1 Å². The molecule has 0 radical (unpaired) electrons. The standard InChI is InChI=1S/C20H36N4O6S/c1-11(2)10-13(21)19(28)24-8-5-6-15(24)18(27)22-14(7-9-31-4)17(26)23-16(12(3)25)20(29)30/h11-16,25H,5-10,21H2,1-4H3,(H,22,27)(H,23,26)(H,29,30). The molecular weight excluding hydrogens is 424 g/mol.